The number of unbranched alkanes of at least 4 members (excludes halogenated alkanes) is 2. The largest absolute Gasteiger partial charge is 0.488 e. The van der Waals surface area contributed by atoms with E-state index in [1.807, 2.05) is 12.3 Å². The third-order valence-electron chi connectivity index (χ3n) is 3.01. The Morgan fingerprint density at radius 2 is 2.04 bits per heavy atom. The van der Waals surface area contributed by atoms with Gasteiger partial charge in [-0.25, -0.2) is 13.8 Å². The zero-order valence-corrected chi connectivity index (χ0v) is 13.9. The van der Waals surface area contributed by atoms with E-state index in [1.165, 1.54) is 29.7 Å². The average molecular weight is 339 g/mol. The molecule has 23 heavy (non-hydrogen) atoms. The molecule has 2 aromatic rings. The smallest absolute Gasteiger partial charge is 0.203 e. The number of benzene rings is 1. The van der Waals surface area contributed by atoms with Crippen LogP contribution in [0, 0.1) is 18.6 Å². The van der Waals surface area contributed by atoms with Crippen LogP contribution >= 0.6 is 11.3 Å². The van der Waals surface area contributed by atoms with Gasteiger partial charge in [-0.1, -0.05) is 19.8 Å². The molecule has 0 spiro atoms. The van der Waals surface area contributed by atoms with E-state index in [2.05, 4.69) is 22.4 Å². The molecule has 0 fully saturated rings. The van der Waals surface area contributed by atoms with Crippen LogP contribution in [-0.4, -0.2) is 17.8 Å². The third-order valence-corrected chi connectivity index (χ3v) is 3.87. The number of aryl methyl sites for hydroxylation is 1. The summed E-state index contributed by atoms with van der Waals surface area (Å²) < 4.78 is 33.0. The van der Waals surface area contributed by atoms with Gasteiger partial charge in [0, 0.05) is 10.9 Å². The van der Waals surface area contributed by atoms with Gasteiger partial charge in [-0.05, 0) is 25.5 Å². The normalized spacial score (nSPS) is 11.1. The fourth-order valence-electron chi connectivity index (χ4n) is 1.89. The number of aromatic nitrogens is 1. The van der Waals surface area contributed by atoms with Gasteiger partial charge in [0.1, 0.15) is 0 Å². The number of hydrogen-bond donors (Lipinski definition) is 1. The van der Waals surface area contributed by atoms with E-state index in [0.717, 1.165) is 25.0 Å². The second-order valence-electron chi connectivity index (χ2n) is 5.03. The maximum Gasteiger partial charge on any atom is 0.203 e. The van der Waals surface area contributed by atoms with Gasteiger partial charge in [0.15, 0.2) is 17.4 Å². The molecular formula is C16H19F2N3OS. The number of hydrogen-bond acceptors (Lipinski definition) is 5. The molecule has 0 atom stereocenters. The summed E-state index contributed by atoms with van der Waals surface area (Å²) in [6.45, 7) is 4.23. The van der Waals surface area contributed by atoms with Crippen molar-refractivity contribution in [3.63, 3.8) is 0 Å². The van der Waals surface area contributed by atoms with Crippen molar-refractivity contribution in [2.45, 2.75) is 33.1 Å². The SMILES string of the molecule is CCCCCOc1c(F)cc(C=NNc2nc(C)cs2)cc1F. The Balaban J connectivity index is 1.98. The molecule has 1 aromatic carbocycles. The molecular weight excluding hydrogens is 320 g/mol. The Morgan fingerprint density at radius 3 is 2.65 bits per heavy atom. The summed E-state index contributed by atoms with van der Waals surface area (Å²) in [6, 6.07) is 2.38. The van der Waals surface area contributed by atoms with Crippen molar-refractivity contribution in [1.82, 2.24) is 4.98 Å². The molecule has 1 N–H and O–H groups in total. The lowest BCUT2D eigenvalue weighted by molar-refractivity contribution is 0.276. The molecule has 1 heterocycles. The Hall–Kier alpha value is -2.02. The van der Waals surface area contributed by atoms with Crippen LogP contribution in [-0.2, 0) is 0 Å². The fourth-order valence-corrected chi connectivity index (χ4v) is 2.52. The van der Waals surface area contributed by atoms with Crippen LogP contribution < -0.4 is 10.2 Å². The Bertz CT molecular complexity index is 650. The van der Waals surface area contributed by atoms with E-state index in [-0.39, 0.29) is 5.75 Å². The number of hydrazone groups is 1. The molecule has 0 radical (unpaired) electrons. The van der Waals surface area contributed by atoms with Crippen molar-refractivity contribution in [3.05, 3.63) is 40.4 Å². The highest BCUT2D eigenvalue weighted by Crippen LogP contribution is 2.23. The van der Waals surface area contributed by atoms with E-state index in [9.17, 15) is 8.78 Å². The molecule has 0 unspecified atom stereocenters. The lowest BCUT2D eigenvalue weighted by Crippen LogP contribution is -2.02. The second kappa shape index (κ2) is 8.57. The van der Waals surface area contributed by atoms with E-state index >= 15 is 0 Å². The number of nitrogens with one attached hydrogen (secondary N) is 1. The van der Waals surface area contributed by atoms with Crippen LogP contribution in [0.15, 0.2) is 22.6 Å². The first-order valence-corrected chi connectivity index (χ1v) is 8.31. The maximum absolute atomic E-state index is 13.9. The van der Waals surface area contributed by atoms with Crippen molar-refractivity contribution in [2.24, 2.45) is 5.10 Å². The first kappa shape index (κ1) is 17.3. The van der Waals surface area contributed by atoms with E-state index in [1.54, 1.807) is 0 Å². The van der Waals surface area contributed by atoms with Gasteiger partial charge in [-0.3, -0.25) is 5.43 Å². The summed E-state index contributed by atoms with van der Waals surface area (Å²) >= 11 is 1.40. The Kier molecular flexibility index (Phi) is 6.46. The van der Waals surface area contributed by atoms with Crippen LogP contribution in [0.25, 0.3) is 0 Å². The predicted octanol–water partition coefficient (Wildman–Crippen LogP) is 4.74. The van der Waals surface area contributed by atoms with E-state index < -0.39 is 11.6 Å². The summed E-state index contributed by atoms with van der Waals surface area (Å²) in [5.41, 5.74) is 3.91. The highest BCUT2D eigenvalue weighted by atomic mass is 32.1. The van der Waals surface area contributed by atoms with Crippen LogP contribution in [0.5, 0.6) is 5.75 Å². The summed E-state index contributed by atoms with van der Waals surface area (Å²) in [5, 5.41) is 6.42. The number of nitrogens with zero attached hydrogens (tertiary/aromatic N) is 2. The fraction of sp³-hybridized carbons (Fsp3) is 0.375. The van der Waals surface area contributed by atoms with Crippen LogP contribution in [0.3, 0.4) is 0 Å². The topological polar surface area (TPSA) is 46.5 Å². The zero-order valence-electron chi connectivity index (χ0n) is 13.1. The minimum atomic E-state index is -0.729. The minimum absolute atomic E-state index is 0.306. The Labute approximate surface area is 138 Å². The van der Waals surface area contributed by atoms with Gasteiger partial charge in [-0.2, -0.15) is 5.10 Å². The van der Waals surface area contributed by atoms with Gasteiger partial charge < -0.3 is 4.74 Å². The molecule has 0 saturated carbocycles. The van der Waals surface area contributed by atoms with Crippen LogP contribution in [0.1, 0.15) is 37.4 Å². The van der Waals surface area contributed by atoms with E-state index in [0.29, 0.717) is 17.3 Å². The van der Waals surface area contributed by atoms with Gasteiger partial charge >= 0.3 is 0 Å². The van der Waals surface area contributed by atoms with E-state index in [4.69, 9.17) is 4.74 Å². The summed E-state index contributed by atoms with van der Waals surface area (Å²) in [4.78, 5) is 4.17. The van der Waals surface area contributed by atoms with Gasteiger partial charge in [-0.15, -0.1) is 11.3 Å². The molecule has 4 nitrogen and oxygen atoms in total. The predicted molar refractivity (Wildman–Crippen MR) is 89.4 cm³/mol. The van der Waals surface area contributed by atoms with Crippen molar-refractivity contribution < 1.29 is 13.5 Å². The van der Waals surface area contributed by atoms with Crippen LogP contribution in [0.2, 0.25) is 0 Å². The number of ether oxygens (including phenoxy) is 1. The first-order valence-electron chi connectivity index (χ1n) is 7.43. The average Bonchev–Trinajstić information content (AvgIpc) is 2.91. The zero-order chi connectivity index (χ0) is 16.7. The molecule has 0 saturated heterocycles. The summed E-state index contributed by atoms with van der Waals surface area (Å²) in [7, 11) is 0. The highest BCUT2D eigenvalue weighted by molar-refractivity contribution is 7.13. The second-order valence-corrected chi connectivity index (χ2v) is 5.89. The molecule has 2 rings (SSSR count). The lowest BCUT2D eigenvalue weighted by atomic mass is 10.2. The quantitative estimate of drug-likeness (QED) is 0.429. The summed E-state index contributed by atoms with van der Waals surface area (Å²) in [6.07, 6.45) is 4.10. The lowest BCUT2D eigenvalue weighted by Gasteiger charge is -2.08. The first-order chi connectivity index (χ1) is 11.1. The van der Waals surface area contributed by atoms with Crippen molar-refractivity contribution >= 4 is 22.7 Å². The molecule has 0 amide bonds. The molecule has 0 aliphatic heterocycles. The maximum atomic E-state index is 13.9. The Morgan fingerprint density at radius 1 is 1.30 bits per heavy atom. The van der Waals surface area contributed by atoms with Crippen molar-refractivity contribution in [1.29, 1.82) is 0 Å². The number of rotatable bonds is 8. The van der Waals surface area contributed by atoms with Crippen molar-refractivity contribution in [2.75, 3.05) is 12.0 Å². The molecule has 1 aromatic heterocycles. The monoisotopic (exact) mass is 339 g/mol. The highest BCUT2D eigenvalue weighted by Gasteiger charge is 2.12. The van der Waals surface area contributed by atoms with Gasteiger partial charge in [0.2, 0.25) is 5.13 Å². The van der Waals surface area contributed by atoms with Gasteiger partial charge in [0.25, 0.3) is 0 Å². The standard InChI is InChI=1S/C16H19F2N3OS/c1-3-4-5-6-22-15-13(17)7-12(8-14(15)18)9-19-21-16-20-11(2)10-23-16/h7-10H,3-6H2,1-2H3,(H,20,21). The van der Waals surface area contributed by atoms with Gasteiger partial charge in [0.05, 0.1) is 18.5 Å². The molecule has 124 valence electrons. The molecule has 0 bridgehead atoms. The van der Waals surface area contributed by atoms with Crippen LogP contribution in [0.4, 0.5) is 13.9 Å². The summed E-state index contributed by atoms with van der Waals surface area (Å²) in [5.74, 6) is -1.79. The number of anilines is 1. The minimum Gasteiger partial charge on any atom is -0.488 e. The number of thiazole rings is 1. The number of halogens is 2. The molecule has 0 aliphatic carbocycles. The molecule has 0 aliphatic rings. The third kappa shape index (κ3) is 5.28. The van der Waals surface area contributed by atoms with Crippen molar-refractivity contribution in [3.8, 4) is 5.75 Å². The molecule has 7 heteroatoms.